The van der Waals surface area contributed by atoms with Crippen LogP contribution in [0, 0.1) is 10.1 Å². The highest BCUT2D eigenvalue weighted by atomic mass is 32.2. The molecule has 1 unspecified atom stereocenters. The number of thioether (sulfide) groups is 1. The summed E-state index contributed by atoms with van der Waals surface area (Å²) in [5.41, 5.74) is 0.00597. The maximum atomic E-state index is 10.9. The van der Waals surface area contributed by atoms with Gasteiger partial charge in [-0.2, -0.15) is 0 Å². The van der Waals surface area contributed by atoms with Gasteiger partial charge in [0.1, 0.15) is 5.82 Å². The number of hydrogen-bond acceptors (Lipinski definition) is 6. The van der Waals surface area contributed by atoms with Crippen molar-refractivity contribution >= 4 is 23.3 Å². The summed E-state index contributed by atoms with van der Waals surface area (Å²) < 4.78 is 0. The monoisotopic (exact) mass is 271 g/mol. The van der Waals surface area contributed by atoms with Crippen molar-refractivity contribution < 1.29 is 10.0 Å². The van der Waals surface area contributed by atoms with E-state index in [1.165, 1.54) is 17.8 Å². The third kappa shape index (κ3) is 4.15. The zero-order valence-corrected chi connectivity index (χ0v) is 11.2. The van der Waals surface area contributed by atoms with Gasteiger partial charge in [-0.1, -0.05) is 18.7 Å². The molecule has 0 aromatic carbocycles. The standard InChI is InChI=1S/C11H17N3O3S/c1-3-12-10-5-4-9(14(16)17)11(13-10)18-8(2)6-7-15/h4-5,8,15H,3,6-7H2,1-2H3,(H,12,13). The van der Waals surface area contributed by atoms with Gasteiger partial charge in [0.25, 0.3) is 0 Å². The first-order valence-electron chi connectivity index (χ1n) is 5.75. The van der Waals surface area contributed by atoms with Crippen LogP contribution in [0.5, 0.6) is 0 Å². The van der Waals surface area contributed by atoms with E-state index in [4.69, 9.17) is 5.11 Å². The third-order valence-corrected chi connectivity index (χ3v) is 3.40. The molecular weight excluding hydrogens is 254 g/mol. The Balaban J connectivity index is 2.95. The molecule has 1 heterocycles. The highest BCUT2D eigenvalue weighted by Gasteiger charge is 2.18. The highest BCUT2D eigenvalue weighted by Crippen LogP contribution is 2.32. The van der Waals surface area contributed by atoms with Gasteiger partial charge in [0.2, 0.25) is 0 Å². The molecule has 6 nitrogen and oxygen atoms in total. The zero-order chi connectivity index (χ0) is 13.5. The number of hydrogen-bond donors (Lipinski definition) is 2. The van der Waals surface area contributed by atoms with Crippen LogP contribution < -0.4 is 5.32 Å². The van der Waals surface area contributed by atoms with Crippen molar-refractivity contribution in [1.82, 2.24) is 4.98 Å². The minimum Gasteiger partial charge on any atom is -0.396 e. The number of aromatic nitrogens is 1. The van der Waals surface area contributed by atoms with Gasteiger partial charge in [0.15, 0.2) is 5.03 Å². The average molecular weight is 271 g/mol. The molecule has 100 valence electrons. The first-order valence-corrected chi connectivity index (χ1v) is 6.63. The lowest BCUT2D eigenvalue weighted by Crippen LogP contribution is -2.05. The first kappa shape index (κ1) is 14.7. The van der Waals surface area contributed by atoms with E-state index >= 15 is 0 Å². The van der Waals surface area contributed by atoms with E-state index in [0.717, 1.165) is 0 Å². The van der Waals surface area contributed by atoms with Gasteiger partial charge in [0, 0.05) is 24.5 Å². The van der Waals surface area contributed by atoms with E-state index in [2.05, 4.69) is 10.3 Å². The lowest BCUT2D eigenvalue weighted by molar-refractivity contribution is -0.388. The molecule has 0 aliphatic rings. The summed E-state index contributed by atoms with van der Waals surface area (Å²) in [5.74, 6) is 0.627. The molecule has 1 aromatic rings. The van der Waals surface area contributed by atoms with E-state index < -0.39 is 4.92 Å². The van der Waals surface area contributed by atoms with Gasteiger partial charge in [-0.15, -0.1) is 0 Å². The molecule has 0 aliphatic carbocycles. The van der Waals surface area contributed by atoms with Crippen molar-refractivity contribution in [3.8, 4) is 0 Å². The van der Waals surface area contributed by atoms with Crippen LogP contribution in [0.25, 0.3) is 0 Å². The minimum atomic E-state index is -0.434. The molecule has 7 heteroatoms. The number of rotatable bonds is 7. The second-order valence-corrected chi connectivity index (χ2v) is 5.18. The summed E-state index contributed by atoms with van der Waals surface area (Å²) in [6.07, 6.45) is 0.578. The van der Waals surface area contributed by atoms with Crippen LogP contribution in [0.4, 0.5) is 11.5 Å². The number of nitrogens with one attached hydrogen (secondary N) is 1. The fraction of sp³-hybridized carbons (Fsp3) is 0.545. The smallest absolute Gasteiger partial charge is 0.301 e. The van der Waals surface area contributed by atoms with Crippen molar-refractivity contribution in [3.05, 3.63) is 22.2 Å². The van der Waals surface area contributed by atoms with Gasteiger partial charge in [-0.25, -0.2) is 4.98 Å². The normalized spacial score (nSPS) is 12.2. The molecule has 0 spiro atoms. The molecule has 0 radical (unpaired) electrons. The molecular formula is C11H17N3O3S. The number of aliphatic hydroxyl groups is 1. The van der Waals surface area contributed by atoms with E-state index in [-0.39, 0.29) is 17.5 Å². The van der Waals surface area contributed by atoms with Gasteiger partial charge < -0.3 is 10.4 Å². The highest BCUT2D eigenvalue weighted by molar-refractivity contribution is 8.00. The molecule has 18 heavy (non-hydrogen) atoms. The number of nitro groups is 1. The number of anilines is 1. The van der Waals surface area contributed by atoms with Crippen molar-refractivity contribution in [3.63, 3.8) is 0 Å². The quantitative estimate of drug-likeness (QED) is 0.449. The number of pyridine rings is 1. The fourth-order valence-electron chi connectivity index (χ4n) is 1.37. The fourth-order valence-corrected chi connectivity index (χ4v) is 2.39. The predicted octanol–water partition coefficient (Wildman–Crippen LogP) is 2.28. The SMILES string of the molecule is CCNc1ccc([N+](=O)[O-])c(SC(C)CCO)n1. The van der Waals surface area contributed by atoms with Gasteiger partial charge in [-0.05, 0) is 19.4 Å². The van der Waals surface area contributed by atoms with Gasteiger partial charge in [0.05, 0.1) is 4.92 Å². The molecule has 2 N–H and O–H groups in total. The van der Waals surface area contributed by atoms with Crippen LogP contribution in [-0.4, -0.2) is 33.4 Å². The molecule has 0 saturated heterocycles. The summed E-state index contributed by atoms with van der Waals surface area (Å²) in [6.45, 7) is 4.62. The molecule has 0 bridgehead atoms. The number of aliphatic hydroxyl groups excluding tert-OH is 1. The molecule has 1 atom stereocenters. The Bertz CT molecular complexity index is 415. The van der Waals surface area contributed by atoms with Gasteiger partial charge in [-0.3, -0.25) is 10.1 Å². The summed E-state index contributed by atoms with van der Waals surface area (Å²) in [4.78, 5) is 14.7. The summed E-state index contributed by atoms with van der Waals surface area (Å²) >= 11 is 1.31. The van der Waals surface area contributed by atoms with Crippen molar-refractivity contribution in [2.45, 2.75) is 30.5 Å². The molecule has 0 aliphatic heterocycles. The van der Waals surface area contributed by atoms with E-state index in [9.17, 15) is 10.1 Å². The van der Waals surface area contributed by atoms with Gasteiger partial charge >= 0.3 is 5.69 Å². The van der Waals surface area contributed by atoms with Crippen LogP contribution in [0.2, 0.25) is 0 Å². The Morgan fingerprint density at radius 3 is 2.89 bits per heavy atom. The van der Waals surface area contributed by atoms with Crippen LogP contribution in [0.15, 0.2) is 17.2 Å². The molecule has 0 fully saturated rings. The summed E-state index contributed by atoms with van der Waals surface area (Å²) in [6, 6.07) is 3.06. The van der Waals surface area contributed by atoms with Crippen LogP contribution in [0.3, 0.4) is 0 Å². The van der Waals surface area contributed by atoms with Crippen LogP contribution >= 0.6 is 11.8 Å². The van der Waals surface area contributed by atoms with Crippen molar-refractivity contribution in [1.29, 1.82) is 0 Å². The molecule has 0 amide bonds. The lowest BCUT2D eigenvalue weighted by Gasteiger charge is -2.10. The number of nitrogens with zero attached hydrogens (tertiary/aromatic N) is 2. The predicted molar refractivity (Wildman–Crippen MR) is 72.1 cm³/mol. The Hall–Kier alpha value is -1.34. The molecule has 0 saturated carbocycles. The maximum absolute atomic E-state index is 10.9. The average Bonchev–Trinajstić information content (AvgIpc) is 2.29. The van der Waals surface area contributed by atoms with Crippen molar-refractivity contribution in [2.24, 2.45) is 0 Å². The molecule has 1 aromatic heterocycles. The van der Waals surface area contributed by atoms with E-state index in [1.54, 1.807) is 6.07 Å². The largest absolute Gasteiger partial charge is 0.396 e. The Labute approximate surface area is 110 Å². The Kier molecular flexibility index (Phi) is 5.87. The first-order chi connectivity index (χ1) is 8.58. The van der Waals surface area contributed by atoms with E-state index in [0.29, 0.717) is 23.8 Å². The topological polar surface area (TPSA) is 88.3 Å². The van der Waals surface area contributed by atoms with Crippen molar-refractivity contribution in [2.75, 3.05) is 18.5 Å². The second-order valence-electron chi connectivity index (χ2n) is 3.75. The van der Waals surface area contributed by atoms with Crippen LogP contribution in [-0.2, 0) is 0 Å². The molecule has 1 rings (SSSR count). The lowest BCUT2D eigenvalue weighted by atomic mass is 10.3. The third-order valence-electron chi connectivity index (χ3n) is 2.24. The summed E-state index contributed by atoms with van der Waals surface area (Å²) in [5, 5.41) is 23.3. The van der Waals surface area contributed by atoms with Crippen LogP contribution in [0.1, 0.15) is 20.3 Å². The minimum absolute atomic E-state index is 0.00597. The maximum Gasteiger partial charge on any atom is 0.301 e. The zero-order valence-electron chi connectivity index (χ0n) is 10.4. The van der Waals surface area contributed by atoms with E-state index in [1.807, 2.05) is 13.8 Å². The second kappa shape index (κ2) is 7.17. The Morgan fingerprint density at radius 2 is 2.33 bits per heavy atom. The Morgan fingerprint density at radius 1 is 1.61 bits per heavy atom. The summed E-state index contributed by atoms with van der Waals surface area (Å²) in [7, 11) is 0.